The molecule has 0 unspecified atom stereocenters. The van der Waals surface area contributed by atoms with Crippen molar-refractivity contribution >= 4 is 5.78 Å². The average molecular weight is 111 g/mol. The van der Waals surface area contributed by atoms with Crippen LogP contribution in [0.2, 0.25) is 0 Å². The lowest BCUT2D eigenvalue weighted by Crippen LogP contribution is -2.10. The van der Waals surface area contributed by atoms with Crippen LogP contribution >= 0.6 is 0 Å². The second kappa shape index (κ2) is 1.13. The lowest BCUT2D eigenvalue weighted by Gasteiger charge is -1.95. The smallest absolute Gasteiger partial charge is 0.154 e. The van der Waals surface area contributed by atoms with E-state index in [1.807, 2.05) is 0 Å². The van der Waals surface area contributed by atoms with E-state index in [9.17, 15) is 4.79 Å². The van der Waals surface area contributed by atoms with Crippen LogP contribution in [0.15, 0.2) is 0 Å². The first-order valence-electron chi connectivity index (χ1n) is 3.08. The van der Waals surface area contributed by atoms with E-state index < -0.39 is 0 Å². The molecule has 0 radical (unpaired) electrons. The van der Waals surface area contributed by atoms with Crippen molar-refractivity contribution in [3.05, 3.63) is 0 Å². The number of nitrogens with one attached hydrogen (secondary N) is 1. The number of hydrogen-bond donors (Lipinski definition) is 1. The Morgan fingerprint density at radius 1 is 1.50 bits per heavy atom. The van der Waals surface area contributed by atoms with Crippen molar-refractivity contribution in [2.24, 2.45) is 5.41 Å². The van der Waals surface area contributed by atoms with Crippen LogP contribution in [0, 0.1) is 5.41 Å². The molecule has 0 aromatic heterocycles. The number of carbonyl (C=O) groups is 1. The van der Waals surface area contributed by atoms with Gasteiger partial charge in [0, 0.05) is 12.0 Å². The molecule has 2 fully saturated rings. The maximum Gasteiger partial charge on any atom is 0.154 e. The normalized spacial score (nSPS) is 31.8. The standard InChI is InChI=1S/C6H9NO/c8-5-3-7-4-6(5)1-2-6/h7H,1-4H2. The van der Waals surface area contributed by atoms with Crippen molar-refractivity contribution in [1.29, 1.82) is 0 Å². The van der Waals surface area contributed by atoms with Crippen molar-refractivity contribution < 1.29 is 4.79 Å². The molecule has 44 valence electrons. The molecule has 1 saturated heterocycles. The predicted octanol–water partition coefficient (Wildman–Crippen LogP) is -0.0611. The highest BCUT2D eigenvalue weighted by Crippen LogP contribution is 2.47. The quantitative estimate of drug-likeness (QED) is 0.474. The van der Waals surface area contributed by atoms with E-state index in [1.54, 1.807) is 0 Å². The molecule has 0 atom stereocenters. The molecule has 1 spiro atoms. The molecule has 1 aliphatic carbocycles. The van der Waals surface area contributed by atoms with E-state index in [1.165, 1.54) is 0 Å². The fourth-order valence-electron chi connectivity index (χ4n) is 1.31. The fourth-order valence-corrected chi connectivity index (χ4v) is 1.31. The molecule has 0 amide bonds. The van der Waals surface area contributed by atoms with E-state index in [2.05, 4.69) is 5.32 Å². The minimum absolute atomic E-state index is 0.153. The lowest BCUT2D eigenvalue weighted by molar-refractivity contribution is -0.120. The summed E-state index contributed by atoms with van der Waals surface area (Å²) in [6.07, 6.45) is 2.28. The summed E-state index contributed by atoms with van der Waals surface area (Å²) in [6.45, 7) is 1.58. The largest absolute Gasteiger partial charge is 0.309 e. The van der Waals surface area contributed by atoms with Gasteiger partial charge in [0.15, 0.2) is 5.78 Å². The van der Waals surface area contributed by atoms with Gasteiger partial charge in [0.1, 0.15) is 0 Å². The number of rotatable bonds is 0. The Bertz CT molecular complexity index is 137. The maximum absolute atomic E-state index is 10.9. The minimum atomic E-state index is 0.153. The fraction of sp³-hybridized carbons (Fsp3) is 0.833. The van der Waals surface area contributed by atoms with Gasteiger partial charge < -0.3 is 5.32 Å². The number of ketones is 1. The van der Waals surface area contributed by atoms with Crippen molar-refractivity contribution in [3.63, 3.8) is 0 Å². The topological polar surface area (TPSA) is 29.1 Å². The third-order valence-corrected chi connectivity index (χ3v) is 2.19. The van der Waals surface area contributed by atoms with Crippen LogP contribution in [0.1, 0.15) is 12.8 Å². The molecule has 1 N–H and O–H groups in total. The molecular weight excluding hydrogens is 102 g/mol. The molecule has 2 aliphatic rings. The molecule has 1 heterocycles. The molecule has 2 heteroatoms. The van der Waals surface area contributed by atoms with E-state index in [-0.39, 0.29) is 5.41 Å². The molecule has 0 aromatic carbocycles. The Kier molecular flexibility index (Phi) is 0.637. The van der Waals surface area contributed by atoms with Crippen molar-refractivity contribution in [2.45, 2.75) is 12.8 Å². The summed E-state index contributed by atoms with van der Waals surface area (Å²) in [5.74, 6) is 0.442. The van der Waals surface area contributed by atoms with Gasteiger partial charge in [-0.1, -0.05) is 0 Å². The number of carbonyl (C=O) groups excluding carboxylic acids is 1. The summed E-state index contributed by atoms with van der Waals surface area (Å²) < 4.78 is 0. The Hall–Kier alpha value is -0.370. The molecule has 2 rings (SSSR count). The highest BCUT2D eigenvalue weighted by Gasteiger charge is 2.51. The number of Topliss-reactive ketones (excluding diaryl/α,β-unsaturated/α-hetero) is 1. The zero-order chi connectivity index (χ0) is 5.61. The van der Waals surface area contributed by atoms with Gasteiger partial charge in [-0.05, 0) is 12.8 Å². The molecule has 8 heavy (non-hydrogen) atoms. The summed E-state index contributed by atoms with van der Waals surface area (Å²) in [5.41, 5.74) is 0.153. The second-order valence-electron chi connectivity index (χ2n) is 2.81. The zero-order valence-electron chi connectivity index (χ0n) is 4.74. The summed E-state index contributed by atoms with van der Waals surface area (Å²) in [4.78, 5) is 10.9. The molecule has 1 aliphatic heterocycles. The van der Waals surface area contributed by atoms with Crippen molar-refractivity contribution in [3.8, 4) is 0 Å². The highest BCUT2D eigenvalue weighted by molar-refractivity contribution is 5.91. The second-order valence-corrected chi connectivity index (χ2v) is 2.81. The van der Waals surface area contributed by atoms with E-state index >= 15 is 0 Å². The van der Waals surface area contributed by atoms with Crippen LogP contribution in [0.4, 0.5) is 0 Å². The van der Waals surface area contributed by atoms with Gasteiger partial charge in [0.05, 0.1) is 6.54 Å². The van der Waals surface area contributed by atoms with Crippen molar-refractivity contribution in [2.75, 3.05) is 13.1 Å². The van der Waals surface area contributed by atoms with E-state index in [0.29, 0.717) is 12.3 Å². The first-order chi connectivity index (χ1) is 3.83. The lowest BCUT2D eigenvalue weighted by atomic mass is 10.1. The Morgan fingerprint density at radius 2 is 2.25 bits per heavy atom. The first kappa shape index (κ1) is 4.50. The summed E-state index contributed by atoms with van der Waals surface area (Å²) >= 11 is 0. The van der Waals surface area contributed by atoms with Crippen LogP contribution < -0.4 is 5.32 Å². The van der Waals surface area contributed by atoms with Gasteiger partial charge in [-0.15, -0.1) is 0 Å². The number of hydrogen-bond acceptors (Lipinski definition) is 2. The Balaban J connectivity index is 2.23. The zero-order valence-corrected chi connectivity index (χ0v) is 4.74. The van der Waals surface area contributed by atoms with Crippen LogP contribution in [0.3, 0.4) is 0 Å². The minimum Gasteiger partial charge on any atom is -0.309 e. The average Bonchev–Trinajstić information content (AvgIpc) is 2.39. The van der Waals surface area contributed by atoms with Crippen LogP contribution in [-0.2, 0) is 4.79 Å². The van der Waals surface area contributed by atoms with Crippen LogP contribution in [0.25, 0.3) is 0 Å². The van der Waals surface area contributed by atoms with Crippen LogP contribution in [-0.4, -0.2) is 18.9 Å². The molecule has 1 saturated carbocycles. The van der Waals surface area contributed by atoms with Gasteiger partial charge >= 0.3 is 0 Å². The summed E-state index contributed by atoms with van der Waals surface area (Å²) in [6, 6.07) is 0. The summed E-state index contributed by atoms with van der Waals surface area (Å²) in [5, 5.41) is 3.08. The van der Waals surface area contributed by atoms with Crippen molar-refractivity contribution in [1.82, 2.24) is 5.32 Å². The monoisotopic (exact) mass is 111 g/mol. The molecule has 0 aromatic rings. The van der Waals surface area contributed by atoms with E-state index in [0.717, 1.165) is 19.4 Å². The van der Waals surface area contributed by atoms with Gasteiger partial charge in [-0.3, -0.25) is 4.79 Å². The van der Waals surface area contributed by atoms with Gasteiger partial charge in [-0.2, -0.15) is 0 Å². The third-order valence-electron chi connectivity index (χ3n) is 2.19. The Morgan fingerprint density at radius 3 is 2.50 bits per heavy atom. The third kappa shape index (κ3) is 0.388. The molecule has 2 nitrogen and oxygen atoms in total. The van der Waals surface area contributed by atoms with E-state index in [4.69, 9.17) is 0 Å². The predicted molar refractivity (Wildman–Crippen MR) is 29.5 cm³/mol. The Labute approximate surface area is 48.3 Å². The maximum atomic E-state index is 10.9. The SMILES string of the molecule is O=C1CNCC12CC2. The van der Waals surface area contributed by atoms with Gasteiger partial charge in [0.25, 0.3) is 0 Å². The van der Waals surface area contributed by atoms with Crippen LogP contribution in [0.5, 0.6) is 0 Å². The molecular formula is C6H9NO. The summed E-state index contributed by atoms with van der Waals surface area (Å²) in [7, 11) is 0. The highest BCUT2D eigenvalue weighted by atomic mass is 16.1. The van der Waals surface area contributed by atoms with Gasteiger partial charge in [0.2, 0.25) is 0 Å². The van der Waals surface area contributed by atoms with Gasteiger partial charge in [-0.25, -0.2) is 0 Å². The molecule has 0 bridgehead atoms. The first-order valence-corrected chi connectivity index (χ1v) is 3.08.